The summed E-state index contributed by atoms with van der Waals surface area (Å²) in [5.41, 5.74) is 0. The predicted molar refractivity (Wildman–Crippen MR) is 68.4 cm³/mol. The van der Waals surface area contributed by atoms with Crippen LogP contribution in [0.15, 0.2) is 10.6 Å². The molecule has 1 atom stereocenters. The van der Waals surface area contributed by atoms with Gasteiger partial charge in [-0.2, -0.15) is 0 Å². The van der Waals surface area contributed by atoms with Gasteiger partial charge in [0.25, 0.3) is 5.91 Å². The molecule has 2 heterocycles. The molecule has 0 radical (unpaired) electrons. The monoisotopic (exact) mass is 252 g/mol. The van der Waals surface area contributed by atoms with Crippen LogP contribution in [0.2, 0.25) is 0 Å². The highest BCUT2D eigenvalue weighted by Crippen LogP contribution is 2.09. The Labute approximate surface area is 108 Å². The van der Waals surface area contributed by atoms with Gasteiger partial charge >= 0.3 is 0 Å². The lowest BCUT2D eigenvalue weighted by Crippen LogP contribution is -3.17. The summed E-state index contributed by atoms with van der Waals surface area (Å²) in [6.45, 7) is 8.22. The fraction of sp³-hybridized carbons (Fsp3) is 0.692. The molecule has 2 rings (SSSR count). The van der Waals surface area contributed by atoms with E-state index in [-0.39, 0.29) is 11.9 Å². The first kappa shape index (κ1) is 13.1. The Morgan fingerprint density at radius 3 is 2.78 bits per heavy atom. The first-order valence-corrected chi connectivity index (χ1v) is 6.65. The van der Waals surface area contributed by atoms with Gasteiger partial charge in [0.1, 0.15) is 5.76 Å². The number of aryl methyl sites for hydroxylation is 1. The average Bonchev–Trinajstić information content (AvgIpc) is 2.75. The van der Waals surface area contributed by atoms with Gasteiger partial charge < -0.3 is 14.7 Å². The first-order valence-electron chi connectivity index (χ1n) is 6.65. The number of hydrogen-bond acceptors (Lipinski definition) is 3. The van der Waals surface area contributed by atoms with E-state index in [9.17, 15) is 4.79 Å². The van der Waals surface area contributed by atoms with E-state index < -0.39 is 0 Å². The molecule has 1 aromatic rings. The van der Waals surface area contributed by atoms with Crippen molar-refractivity contribution in [2.24, 2.45) is 5.92 Å². The summed E-state index contributed by atoms with van der Waals surface area (Å²) in [5.74, 6) is 2.03. The van der Waals surface area contributed by atoms with E-state index in [2.05, 4.69) is 17.4 Å². The Bertz CT molecular complexity index is 408. The van der Waals surface area contributed by atoms with Crippen molar-refractivity contribution in [3.05, 3.63) is 11.8 Å². The smallest absolute Gasteiger partial charge is 0.283 e. The summed E-state index contributed by atoms with van der Waals surface area (Å²) < 4.78 is 4.93. The van der Waals surface area contributed by atoms with Crippen LogP contribution in [0.5, 0.6) is 0 Å². The predicted octanol–water partition coefficient (Wildman–Crippen LogP) is 0.625. The number of piperidine rings is 1. The standard InChI is InChI=1S/C13H21N3O2/c1-9-4-6-16(7-5-9)11(3)13(17)14-12-8-10(2)18-15-12/h8-9,11H,4-7H2,1-3H3,(H,14,15,17)/p+1/t11-/m1/s1. The molecule has 100 valence electrons. The van der Waals surface area contributed by atoms with E-state index in [1.807, 2.05) is 13.8 Å². The minimum Gasteiger partial charge on any atom is -0.360 e. The van der Waals surface area contributed by atoms with Crippen LogP contribution in [0, 0.1) is 12.8 Å². The number of quaternary nitrogens is 1. The van der Waals surface area contributed by atoms with Crippen molar-refractivity contribution in [2.75, 3.05) is 18.4 Å². The lowest BCUT2D eigenvalue weighted by Gasteiger charge is -2.30. The van der Waals surface area contributed by atoms with Crippen molar-refractivity contribution in [3.63, 3.8) is 0 Å². The highest BCUT2D eigenvalue weighted by atomic mass is 16.5. The lowest BCUT2D eigenvalue weighted by atomic mass is 9.98. The molecule has 2 N–H and O–H groups in total. The van der Waals surface area contributed by atoms with Crippen LogP contribution in [0.4, 0.5) is 5.82 Å². The van der Waals surface area contributed by atoms with Crippen LogP contribution >= 0.6 is 0 Å². The lowest BCUT2D eigenvalue weighted by molar-refractivity contribution is -0.919. The maximum Gasteiger partial charge on any atom is 0.283 e. The number of nitrogens with zero attached hydrogens (tertiary/aromatic N) is 1. The molecule has 1 fully saturated rings. The quantitative estimate of drug-likeness (QED) is 0.829. The van der Waals surface area contributed by atoms with Crippen LogP contribution in [0.1, 0.15) is 32.4 Å². The second-order valence-corrected chi connectivity index (χ2v) is 5.37. The summed E-state index contributed by atoms with van der Waals surface area (Å²) in [5, 5.41) is 6.59. The Morgan fingerprint density at radius 2 is 2.22 bits per heavy atom. The van der Waals surface area contributed by atoms with E-state index in [0.717, 1.165) is 19.0 Å². The zero-order valence-corrected chi connectivity index (χ0v) is 11.3. The highest BCUT2D eigenvalue weighted by Gasteiger charge is 2.29. The molecule has 0 spiro atoms. The molecule has 5 nitrogen and oxygen atoms in total. The van der Waals surface area contributed by atoms with Crippen molar-refractivity contribution in [2.45, 2.75) is 39.7 Å². The van der Waals surface area contributed by atoms with Crippen LogP contribution in [-0.2, 0) is 4.79 Å². The molecule has 0 aliphatic carbocycles. The largest absolute Gasteiger partial charge is 0.360 e. The Balaban J connectivity index is 1.88. The van der Waals surface area contributed by atoms with Crippen LogP contribution in [-0.4, -0.2) is 30.2 Å². The second kappa shape index (κ2) is 5.52. The maximum atomic E-state index is 12.1. The van der Waals surface area contributed by atoms with Crippen LogP contribution < -0.4 is 10.2 Å². The van der Waals surface area contributed by atoms with Gasteiger partial charge in [0, 0.05) is 6.07 Å². The second-order valence-electron chi connectivity index (χ2n) is 5.37. The van der Waals surface area contributed by atoms with Gasteiger partial charge in [0.15, 0.2) is 11.9 Å². The van der Waals surface area contributed by atoms with E-state index in [4.69, 9.17) is 4.52 Å². The van der Waals surface area contributed by atoms with Crippen molar-refractivity contribution < 1.29 is 14.2 Å². The van der Waals surface area contributed by atoms with Crippen molar-refractivity contribution in [3.8, 4) is 0 Å². The van der Waals surface area contributed by atoms with Gasteiger partial charge in [-0.25, -0.2) is 0 Å². The zero-order chi connectivity index (χ0) is 13.1. The summed E-state index contributed by atoms with van der Waals surface area (Å²) in [6.07, 6.45) is 2.41. The van der Waals surface area contributed by atoms with Gasteiger partial charge in [0.05, 0.1) is 13.1 Å². The maximum absolute atomic E-state index is 12.1. The van der Waals surface area contributed by atoms with Gasteiger partial charge in [-0.3, -0.25) is 4.79 Å². The number of anilines is 1. The number of amides is 1. The summed E-state index contributed by atoms with van der Waals surface area (Å²) >= 11 is 0. The molecule has 1 saturated heterocycles. The van der Waals surface area contributed by atoms with Crippen molar-refractivity contribution in [1.82, 2.24) is 5.16 Å². The number of nitrogens with one attached hydrogen (secondary N) is 2. The molecular weight excluding hydrogens is 230 g/mol. The van der Waals surface area contributed by atoms with Gasteiger partial charge in [-0.1, -0.05) is 12.1 Å². The number of carbonyl (C=O) groups excluding carboxylic acids is 1. The molecule has 0 unspecified atom stereocenters. The molecule has 5 heteroatoms. The fourth-order valence-electron chi connectivity index (χ4n) is 2.41. The number of likely N-dealkylation sites (tertiary alicyclic amines) is 1. The van der Waals surface area contributed by atoms with Crippen LogP contribution in [0.25, 0.3) is 0 Å². The molecule has 18 heavy (non-hydrogen) atoms. The van der Waals surface area contributed by atoms with Crippen molar-refractivity contribution in [1.29, 1.82) is 0 Å². The molecule has 0 aromatic carbocycles. The third kappa shape index (κ3) is 3.10. The molecule has 1 aliphatic rings. The number of hydrogen-bond donors (Lipinski definition) is 2. The molecule has 1 aliphatic heterocycles. The van der Waals surface area contributed by atoms with E-state index in [1.54, 1.807) is 6.07 Å². The fourth-order valence-corrected chi connectivity index (χ4v) is 2.41. The number of carbonyl (C=O) groups is 1. The minimum absolute atomic E-state index is 0.0212. The summed E-state index contributed by atoms with van der Waals surface area (Å²) in [6, 6.07) is 1.70. The molecule has 0 saturated carbocycles. The number of aromatic nitrogens is 1. The van der Waals surface area contributed by atoms with Gasteiger partial charge in [-0.05, 0) is 32.6 Å². The van der Waals surface area contributed by atoms with Gasteiger partial charge in [-0.15, -0.1) is 0 Å². The van der Waals surface area contributed by atoms with E-state index >= 15 is 0 Å². The van der Waals surface area contributed by atoms with E-state index in [1.165, 1.54) is 17.7 Å². The zero-order valence-electron chi connectivity index (χ0n) is 11.3. The molecule has 0 bridgehead atoms. The summed E-state index contributed by atoms with van der Waals surface area (Å²) in [4.78, 5) is 13.5. The van der Waals surface area contributed by atoms with Crippen molar-refractivity contribution >= 4 is 11.7 Å². The van der Waals surface area contributed by atoms with Crippen LogP contribution in [0.3, 0.4) is 0 Å². The Hall–Kier alpha value is -1.36. The Morgan fingerprint density at radius 1 is 1.56 bits per heavy atom. The Kier molecular flexibility index (Phi) is 4.01. The molecule has 1 aromatic heterocycles. The summed E-state index contributed by atoms with van der Waals surface area (Å²) in [7, 11) is 0. The molecular formula is C13H22N3O2+. The topological polar surface area (TPSA) is 59.6 Å². The highest BCUT2D eigenvalue weighted by molar-refractivity contribution is 5.92. The van der Waals surface area contributed by atoms with Gasteiger partial charge in [0.2, 0.25) is 0 Å². The molecule has 1 amide bonds. The SMILES string of the molecule is Cc1cc(NC(=O)[C@@H](C)[NH+]2CCC(C)CC2)no1. The average molecular weight is 252 g/mol. The first-order chi connectivity index (χ1) is 8.56. The van der Waals surface area contributed by atoms with E-state index in [0.29, 0.717) is 11.6 Å². The third-order valence-corrected chi connectivity index (χ3v) is 3.80. The minimum atomic E-state index is -0.0329. The number of rotatable bonds is 3. The normalized spacial score (nSPS) is 25.7. The third-order valence-electron chi connectivity index (χ3n) is 3.80.